The molecule has 0 saturated heterocycles. The maximum absolute atomic E-state index is 3.51. The number of fused-ring (bicyclic) bond motifs is 3. The van der Waals surface area contributed by atoms with Crippen molar-refractivity contribution in [2.24, 2.45) is 0 Å². The molecule has 0 heteroatoms. The lowest BCUT2D eigenvalue weighted by Crippen LogP contribution is -2.26. The summed E-state index contributed by atoms with van der Waals surface area (Å²) in [6.07, 6.45) is 7.29. The minimum absolute atomic E-state index is 0.0214. The average molecular weight is 401 g/mol. The Balaban J connectivity index is 2.23. The van der Waals surface area contributed by atoms with Crippen LogP contribution in [0.2, 0.25) is 0 Å². The summed E-state index contributed by atoms with van der Waals surface area (Å²) in [5.41, 5.74) is 8.95. The van der Waals surface area contributed by atoms with Gasteiger partial charge in [-0.05, 0) is 58.1 Å². The van der Waals surface area contributed by atoms with Crippen molar-refractivity contribution in [2.45, 2.75) is 104 Å². The van der Waals surface area contributed by atoms with E-state index in [2.05, 4.69) is 89.8 Å². The minimum Gasteiger partial charge on any atom is -0.107 e. The van der Waals surface area contributed by atoms with Gasteiger partial charge < -0.3 is 0 Å². The molecule has 1 aliphatic rings. The van der Waals surface area contributed by atoms with E-state index in [9.17, 15) is 0 Å². The Morgan fingerprint density at radius 2 is 1.57 bits per heavy atom. The summed E-state index contributed by atoms with van der Waals surface area (Å²) < 4.78 is 0. The Bertz CT molecular complexity index is 942. The largest absolute Gasteiger partial charge is 0.107 e. The molecule has 0 bridgehead atoms. The van der Waals surface area contributed by atoms with Crippen molar-refractivity contribution < 1.29 is 0 Å². The molecule has 0 heterocycles. The third-order valence-electron chi connectivity index (χ3n) is 6.94. The van der Waals surface area contributed by atoms with Crippen LogP contribution in [0.4, 0.5) is 0 Å². The molecule has 1 aliphatic carbocycles. The Kier molecular flexibility index (Phi) is 6.81. The van der Waals surface area contributed by atoms with Crippen LogP contribution in [0.5, 0.6) is 0 Å². The van der Waals surface area contributed by atoms with E-state index in [1.165, 1.54) is 65.5 Å². The first-order valence-electron chi connectivity index (χ1n) is 11.9. The molecule has 0 aliphatic heterocycles. The van der Waals surface area contributed by atoms with Crippen molar-refractivity contribution in [2.75, 3.05) is 0 Å². The second-order valence-electron chi connectivity index (χ2n) is 10.5. The van der Waals surface area contributed by atoms with Gasteiger partial charge in [-0.3, -0.25) is 0 Å². The summed E-state index contributed by atoms with van der Waals surface area (Å²) in [5, 5.41) is 0. The van der Waals surface area contributed by atoms with E-state index in [-0.39, 0.29) is 10.8 Å². The molecule has 1 unspecified atom stereocenters. The van der Waals surface area contributed by atoms with Crippen molar-refractivity contribution in [3.8, 4) is 23.0 Å². The number of hydrogen-bond acceptors (Lipinski definition) is 0. The number of benzene rings is 2. The van der Waals surface area contributed by atoms with Crippen LogP contribution in [0, 0.1) is 11.8 Å². The fraction of sp³-hybridized carbons (Fsp3) is 0.533. The highest BCUT2D eigenvalue weighted by Gasteiger charge is 2.43. The number of unbranched alkanes of at least 4 members (excludes halogenated alkanes) is 3. The van der Waals surface area contributed by atoms with Crippen molar-refractivity contribution >= 4 is 0 Å². The SMILES string of the molecule is CC#CCC1(CCCCCC)c2cc(C(C)C)ccc2-c2ccc(C(C)(C)C)cc21. The van der Waals surface area contributed by atoms with E-state index >= 15 is 0 Å². The number of rotatable bonds is 7. The third-order valence-corrected chi connectivity index (χ3v) is 6.94. The van der Waals surface area contributed by atoms with Gasteiger partial charge in [-0.1, -0.05) is 104 Å². The van der Waals surface area contributed by atoms with E-state index in [0.717, 1.165) is 6.42 Å². The Morgan fingerprint density at radius 3 is 2.17 bits per heavy atom. The summed E-state index contributed by atoms with van der Waals surface area (Å²) in [6.45, 7) is 15.8. The van der Waals surface area contributed by atoms with Crippen LogP contribution in [0.3, 0.4) is 0 Å². The van der Waals surface area contributed by atoms with Gasteiger partial charge in [0.2, 0.25) is 0 Å². The lowest BCUT2D eigenvalue weighted by molar-refractivity contribution is 0.457. The van der Waals surface area contributed by atoms with Gasteiger partial charge in [-0.2, -0.15) is 0 Å². The molecule has 2 aromatic carbocycles. The summed E-state index contributed by atoms with van der Waals surface area (Å²) in [5.74, 6) is 7.27. The topological polar surface area (TPSA) is 0 Å². The molecule has 0 fully saturated rings. The molecule has 3 rings (SSSR count). The maximum atomic E-state index is 3.51. The Morgan fingerprint density at radius 1 is 0.900 bits per heavy atom. The highest BCUT2D eigenvalue weighted by Crippen LogP contribution is 2.54. The quantitative estimate of drug-likeness (QED) is 0.322. The summed E-state index contributed by atoms with van der Waals surface area (Å²) in [7, 11) is 0. The van der Waals surface area contributed by atoms with Gasteiger partial charge in [0.05, 0.1) is 0 Å². The van der Waals surface area contributed by atoms with Crippen LogP contribution < -0.4 is 0 Å². The monoisotopic (exact) mass is 400 g/mol. The van der Waals surface area contributed by atoms with Gasteiger partial charge in [0, 0.05) is 11.8 Å². The smallest absolute Gasteiger partial charge is 0.0324 e. The van der Waals surface area contributed by atoms with Crippen LogP contribution >= 0.6 is 0 Å². The lowest BCUT2D eigenvalue weighted by Gasteiger charge is -2.32. The van der Waals surface area contributed by atoms with Gasteiger partial charge >= 0.3 is 0 Å². The molecule has 0 saturated carbocycles. The molecule has 0 N–H and O–H groups in total. The lowest BCUT2D eigenvalue weighted by atomic mass is 9.70. The summed E-state index contributed by atoms with van der Waals surface area (Å²) in [6, 6.07) is 14.5. The normalized spacial score (nSPS) is 17.5. The molecule has 0 aromatic heterocycles. The van der Waals surface area contributed by atoms with Gasteiger partial charge in [0.15, 0.2) is 0 Å². The van der Waals surface area contributed by atoms with Crippen LogP contribution in [0.25, 0.3) is 11.1 Å². The first-order chi connectivity index (χ1) is 14.2. The molecule has 2 aromatic rings. The maximum Gasteiger partial charge on any atom is 0.0324 e. The minimum atomic E-state index is 0.0214. The fourth-order valence-electron chi connectivity index (χ4n) is 4.98. The van der Waals surface area contributed by atoms with Crippen molar-refractivity contribution in [1.29, 1.82) is 0 Å². The van der Waals surface area contributed by atoms with Crippen LogP contribution in [-0.4, -0.2) is 0 Å². The zero-order valence-corrected chi connectivity index (χ0v) is 20.3. The van der Waals surface area contributed by atoms with Crippen LogP contribution in [0.1, 0.15) is 115 Å². The molecule has 0 nitrogen and oxygen atoms in total. The highest BCUT2D eigenvalue weighted by molar-refractivity contribution is 5.82. The van der Waals surface area contributed by atoms with Crippen molar-refractivity contribution in [3.05, 3.63) is 58.7 Å². The fourth-order valence-corrected chi connectivity index (χ4v) is 4.98. The molecule has 30 heavy (non-hydrogen) atoms. The Labute approximate surface area is 185 Å². The van der Waals surface area contributed by atoms with E-state index in [1.54, 1.807) is 0 Å². The first-order valence-corrected chi connectivity index (χ1v) is 11.9. The predicted octanol–water partition coefficient (Wildman–Crippen LogP) is 8.76. The second-order valence-corrected chi connectivity index (χ2v) is 10.5. The van der Waals surface area contributed by atoms with E-state index < -0.39 is 0 Å². The van der Waals surface area contributed by atoms with E-state index in [0.29, 0.717) is 5.92 Å². The molecule has 0 radical (unpaired) electrons. The second kappa shape index (κ2) is 9.01. The average Bonchev–Trinajstić information content (AvgIpc) is 2.98. The summed E-state index contributed by atoms with van der Waals surface area (Å²) in [4.78, 5) is 0. The predicted molar refractivity (Wildman–Crippen MR) is 132 cm³/mol. The molecule has 160 valence electrons. The standard InChI is InChI=1S/C30H40/c1-8-10-12-13-19-30(18-11-9-2)27-20-23(22(3)4)14-16-25(27)26-17-15-24(21-28(26)30)29(5,6)7/h14-17,20-22H,8,10,12-13,18-19H2,1-7H3. The molecule has 0 amide bonds. The zero-order valence-electron chi connectivity index (χ0n) is 20.3. The van der Waals surface area contributed by atoms with Crippen molar-refractivity contribution in [1.82, 2.24) is 0 Å². The molecule has 1 atom stereocenters. The van der Waals surface area contributed by atoms with Crippen LogP contribution in [-0.2, 0) is 10.8 Å². The van der Waals surface area contributed by atoms with Crippen molar-refractivity contribution in [3.63, 3.8) is 0 Å². The molecule has 0 spiro atoms. The van der Waals surface area contributed by atoms with E-state index in [4.69, 9.17) is 0 Å². The van der Waals surface area contributed by atoms with Gasteiger partial charge in [-0.15, -0.1) is 11.8 Å². The van der Waals surface area contributed by atoms with Gasteiger partial charge in [-0.25, -0.2) is 0 Å². The van der Waals surface area contributed by atoms with E-state index in [1.807, 2.05) is 6.92 Å². The third kappa shape index (κ3) is 4.23. The molecular formula is C30H40. The molecular weight excluding hydrogens is 360 g/mol. The van der Waals surface area contributed by atoms with Gasteiger partial charge in [0.25, 0.3) is 0 Å². The number of hydrogen-bond donors (Lipinski definition) is 0. The zero-order chi connectivity index (χ0) is 21.9. The van der Waals surface area contributed by atoms with Crippen LogP contribution in [0.15, 0.2) is 36.4 Å². The summed E-state index contributed by atoms with van der Waals surface area (Å²) >= 11 is 0. The Hall–Kier alpha value is -2.00. The van der Waals surface area contributed by atoms with Gasteiger partial charge in [0.1, 0.15) is 0 Å². The highest BCUT2D eigenvalue weighted by atomic mass is 14.4. The first kappa shape index (κ1) is 22.7.